The molecule has 1 N–H and O–H groups in total. The maximum absolute atomic E-state index is 11.9. The number of halogens is 1. The number of carbonyl (C=O) groups excluding carboxylic acids is 1. The highest BCUT2D eigenvalue weighted by atomic mass is 35.5. The monoisotopic (exact) mass is 336 g/mol. The van der Waals surface area contributed by atoms with E-state index in [1.807, 2.05) is 0 Å². The van der Waals surface area contributed by atoms with E-state index in [0.717, 1.165) is 12.1 Å². The Morgan fingerprint density at radius 2 is 1.91 bits per heavy atom. The molecule has 2 rings (SSSR count). The summed E-state index contributed by atoms with van der Waals surface area (Å²) < 4.78 is 0. The van der Waals surface area contributed by atoms with Gasteiger partial charge in [0, 0.05) is 17.8 Å². The number of anilines is 1. The van der Waals surface area contributed by atoms with Crippen LogP contribution in [-0.2, 0) is 11.2 Å². The van der Waals surface area contributed by atoms with Gasteiger partial charge in [0.25, 0.3) is 11.4 Å². The summed E-state index contributed by atoms with van der Waals surface area (Å²) in [4.78, 5) is 35.9. The molecule has 2 aromatic rings. The lowest BCUT2D eigenvalue weighted by Gasteiger charge is -2.05. The summed E-state index contributed by atoms with van der Waals surface area (Å²) in [6.45, 7) is 0. The van der Waals surface area contributed by atoms with Crippen LogP contribution in [0.4, 0.5) is 17.2 Å². The van der Waals surface area contributed by atoms with E-state index in [2.05, 4.69) is 10.3 Å². The molecule has 0 bridgehead atoms. The third-order valence-electron chi connectivity index (χ3n) is 2.82. The van der Waals surface area contributed by atoms with E-state index in [1.54, 1.807) is 0 Å². The zero-order valence-corrected chi connectivity index (χ0v) is 12.2. The minimum absolute atomic E-state index is 0.0621. The van der Waals surface area contributed by atoms with Crippen molar-refractivity contribution in [2.24, 2.45) is 0 Å². The summed E-state index contributed by atoms with van der Waals surface area (Å²) in [5.41, 5.74) is -0.842. The van der Waals surface area contributed by atoms with Crippen LogP contribution in [0.2, 0.25) is 5.02 Å². The van der Waals surface area contributed by atoms with Gasteiger partial charge in [-0.2, -0.15) is 0 Å². The van der Waals surface area contributed by atoms with Crippen LogP contribution >= 0.6 is 11.6 Å². The molecule has 9 nitrogen and oxygen atoms in total. The molecule has 1 heterocycles. The number of amides is 1. The van der Waals surface area contributed by atoms with Gasteiger partial charge in [-0.3, -0.25) is 25.0 Å². The molecule has 0 atom stereocenters. The maximum Gasteiger partial charge on any atom is 0.279 e. The molecule has 1 aromatic heterocycles. The van der Waals surface area contributed by atoms with Crippen LogP contribution in [0.5, 0.6) is 0 Å². The molecule has 23 heavy (non-hydrogen) atoms. The molecule has 0 saturated carbocycles. The zero-order valence-electron chi connectivity index (χ0n) is 11.4. The van der Waals surface area contributed by atoms with E-state index >= 15 is 0 Å². The smallest absolute Gasteiger partial charge is 0.279 e. The van der Waals surface area contributed by atoms with Gasteiger partial charge in [-0.1, -0.05) is 11.6 Å². The van der Waals surface area contributed by atoms with Crippen LogP contribution in [0, 0.1) is 20.2 Å². The molecule has 118 valence electrons. The Balaban J connectivity index is 2.18. The van der Waals surface area contributed by atoms with Crippen molar-refractivity contribution < 1.29 is 14.6 Å². The summed E-state index contributed by atoms with van der Waals surface area (Å²) >= 11 is 5.67. The van der Waals surface area contributed by atoms with E-state index in [4.69, 9.17) is 11.6 Å². The van der Waals surface area contributed by atoms with Crippen molar-refractivity contribution in [3.8, 4) is 0 Å². The highest BCUT2D eigenvalue weighted by Crippen LogP contribution is 2.25. The predicted molar refractivity (Wildman–Crippen MR) is 81.3 cm³/mol. The Morgan fingerprint density at radius 1 is 1.17 bits per heavy atom. The summed E-state index contributed by atoms with van der Waals surface area (Å²) in [7, 11) is 0. The van der Waals surface area contributed by atoms with Gasteiger partial charge in [0.1, 0.15) is 5.82 Å². The van der Waals surface area contributed by atoms with Crippen LogP contribution in [0.3, 0.4) is 0 Å². The molecular weight excluding hydrogens is 328 g/mol. The number of nitro benzene ring substituents is 2. The van der Waals surface area contributed by atoms with E-state index in [9.17, 15) is 25.0 Å². The SMILES string of the molecule is O=C(Cc1ccc([N+](=O)[O-])cc1[N+](=O)[O-])Nc1ccc(Cl)cn1. The Kier molecular flexibility index (Phi) is 4.82. The molecule has 0 spiro atoms. The molecule has 1 aromatic carbocycles. The number of hydrogen-bond donors (Lipinski definition) is 1. The number of nitro groups is 2. The fourth-order valence-electron chi connectivity index (χ4n) is 1.80. The van der Waals surface area contributed by atoms with Crippen molar-refractivity contribution in [2.45, 2.75) is 6.42 Å². The van der Waals surface area contributed by atoms with Crippen LogP contribution < -0.4 is 5.32 Å². The molecule has 0 radical (unpaired) electrons. The quantitative estimate of drug-likeness (QED) is 0.660. The second-order valence-electron chi connectivity index (χ2n) is 4.41. The number of hydrogen-bond acceptors (Lipinski definition) is 6. The first-order valence-corrected chi connectivity index (χ1v) is 6.57. The zero-order chi connectivity index (χ0) is 17.0. The number of rotatable bonds is 5. The van der Waals surface area contributed by atoms with Crippen LogP contribution in [-0.4, -0.2) is 20.7 Å². The number of carbonyl (C=O) groups is 1. The van der Waals surface area contributed by atoms with E-state index in [-0.39, 0.29) is 17.8 Å². The van der Waals surface area contributed by atoms with Crippen molar-refractivity contribution in [3.05, 3.63) is 67.3 Å². The first-order valence-electron chi connectivity index (χ1n) is 6.20. The van der Waals surface area contributed by atoms with E-state index in [1.165, 1.54) is 24.4 Å². The average molecular weight is 337 g/mol. The standard InChI is InChI=1S/C13H9ClN4O5/c14-9-2-4-12(15-7-9)16-13(19)5-8-1-3-10(17(20)21)6-11(8)18(22)23/h1-4,6-7H,5H2,(H,15,16,19). The fourth-order valence-corrected chi connectivity index (χ4v) is 1.91. The minimum atomic E-state index is -0.768. The highest BCUT2D eigenvalue weighted by molar-refractivity contribution is 6.30. The van der Waals surface area contributed by atoms with Gasteiger partial charge in [0.2, 0.25) is 5.91 Å². The van der Waals surface area contributed by atoms with Crippen LogP contribution in [0.15, 0.2) is 36.5 Å². The molecule has 0 fully saturated rings. The Morgan fingerprint density at radius 3 is 2.48 bits per heavy atom. The lowest BCUT2D eigenvalue weighted by molar-refractivity contribution is -0.394. The average Bonchev–Trinajstić information content (AvgIpc) is 2.49. The number of benzene rings is 1. The lowest BCUT2D eigenvalue weighted by Crippen LogP contribution is -2.16. The summed E-state index contributed by atoms with van der Waals surface area (Å²) in [5.74, 6) is -0.305. The molecule has 0 aliphatic carbocycles. The third-order valence-corrected chi connectivity index (χ3v) is 3.05. The summed E-state index contributed by atoms with van der Waals surface area (Å²) in [6.07, 6.45) is 1.02. The second kappa shape index (κ2) is 6.79. The summed E-state index contributed by atoms with van der Waals surface area (Å²) in [5, 5.41) is 24.5. The second-order valence-corrected chi connectivity index (χ2v) is 4.85. The third kappa shape index (κ3) is 4.20. The molecule has 0 saturated heterocycles. The van der Waals surface area contributed by atoms with Crippen LogP contribution in [0.1, 0.15) is 5.56 Å². The molecule has 0 aliphatic rings. The van der Waals surface area contributed by atoms with Crippen molar-refractivity contribution in [3.63, 3.8) is 0 Å². The van der Waals surface area contributed by atoms with Gasteiger partial charge >= 0.3 is 0 Å². The van der Waals surface area contributed by atoms with Gasteiger partial charge in [-0.25, -0.2) is 4.98 Å². The number of nitrogens with one attached hydrogen (secondary N) is 1. The van der Waals surface area contributed by atoms with Crippen molar-refractivity contribution in [1.29, 1.82) is 0 Å². The number of non-ortho nitro benzene ring substituents is 1. The largest absolute Gasteiger partial charge is 0.310 e. The van der Waals surface area contributed by atoms with Gasteiger partial charge in [-0.05, 0) is 18.2 Å². The van der Waals surface area contributed by atoms with Crippen molar-refractivity contribution in [1.82, 2.24) is 4.98 Å². The van der Waals surface area contributed by atoms with Crippen molar-refractivity contribution >= 4 is 34.7 Å². The Bertz CT molecular complexity index is 778. The number of pyridine rings is 1. The van der Waals surface area contributed by atoms with Crippen LogP contribution in [0.25, 0.3) is 0 Å². The number of aromatic nitrogens is 1. The Hall–Kier alpha value is -3.07. The maximum atomic E-state index is 11.9. The van der Waals surface area contributed by atoms with Gasteiger partial charge in [-0.15, -0.1) is 0 Å². The first kappa shape index (κ1) is 16.3. The van der Waals surface area contributed by atoms with Gasteiger partial charge in [0.15, 0.2) is 0 Å². The molecule has 10 heteroatoms. The molecular formula is C13H9ClN4O5. The van der Waals surface area contributed by atoms with Gasteiger partial charge < -0.3 is 5.32 Å². The fraction of sp³-hybridized carbons (Fsp3) is 0.0769. The topological polar surface area (TPSA) is 128 Å². The first-order chi connectivity index (χ1) is 10.9. The predicted octanol–water partition coefficient (Wildman–Crippen LogP) is 2.73. The Labute approximate surface area is 134 Å². The lowest BCUT2D eigenvalue weighted by atomic mass is 10.1. The van der Waals surface area contributed by atoms with E-state index < -0.39 is 27.1 Å². The highest BCUT2D eigenvalue weighted by Gasteiger charge is 2.21. The minimum Gasteiger partial charge on any atom is -0.310 e. The molecule has 0 aliphatic heterocycles. The van der Waals surface area contributed by atoms with E-state index in [0.29, 0.717) is 5.02 Å². The molecule has 1 amide bonds. The molecule has 0 unspecified atom stereocenters. The van der Waals surface area contributed by atoms with Gasteiger partial charge in [0.05, 0.1) is 27.4 Å². The van der Waals surface area contributed by atoms with Crippen molar-refractivity contribution in [2.75, 3.05) is 5.32 Å². The number of nitrogens with zero attached hydrogens (tertiary/aromatic N) is 3. The summed E-state index contributed by atoms with van der Waals surface area (Å²) in [6, 6.07) is 6.12. The normalized spacial score (nSPS) is 10.1.